The van der Waals surface area contributed by atoms with Crippen LogP contribution in [-0.4, -0.2) is 12.9 Å². The van der Waals surface area contributed by atoms with E-state index < -0.39 is 6.29 Å². The van der Waals surface area contributed by atoms with E-state index in [9.17, 15) is 0 Å². The van der Waals surface area contributed by atoms with E-state index in [1.54, 1.807) is 0 Å². The third-order valence-electron chi connectivity index (χ3n) is 1.61. The highest BCUT2D eigenvalue weighted by molar-refractivity contribution is 5.21. The molecule has 0 fully saturated rings. The first-order valence-electron chi connectivity index (χ1n) is 4.57. The number of para-hydroxylation sites is 1. The maximum Gasteiger partial charge on any atom is 0.274 e. The summed E-state index contributed by atoms with van der Waals surface area (Å²) in [6.07, 6.45) is 2.15. The number of hydrogen-bond acceptors (Lipinski definition) is 3. The summed E-state index contributed by atoms with van der Waals surface area (Å²) in [5.74, 6) is 0.719. The SMILES string of the molecule is C=COCC(OC=C)Oc1ccccc1. The lowest BCUT2D eigenvalue weighted by Crippen LogP contribution is -2.23. The predicted molar refractivity (Wildman–Crippen MR) is 58.3 cm³/mol. The third-order valence-corrected chi connectivity index (χ3v) is 1.61. The first-order chi connectivity index (χ1) is 7.36. The molecular weight excluding hydrogens is 192 g/mol. The van der Waals surface area contributed by atoms with Crippen LogP contribution in [0.4, 0.5) is 0 Å². The second kappa shape index (κ2) is 6.54. The lowest BCUT2D eigenvalue weighted by atomic mass is 10.3. The van der Waals surface area contributed by atoms with Crippen LogP contribution in [0.15, 0.2) is 56.0 Å². The molecule has 1 rings (SSSR count). The number of ether oxygens (including phenoxy) is 3. The van der Waals surface area contributed by atoms with Crippen LogP contribution in [0.3, 0.4) is 0 Å². The molecule has 0 bridgehead atoms. The van der Waals surface area contributed by atoms with E-state index in [0.29, 0.717) is 0 Å². The van der Waals surface area contributed by atoms with E-state index in [2.05, 4.69) is 13.2 Å². The number of rotatable bonds is 7. The molecule has 3 heteroatoms. The lowest BCUT2D eigenvalue weighted by molar-refractivity contribution is -0.0668. The van der Waals surface area contributed by atoms with Crippen molar-refractivity contribution in [2.24, 2.45) is 0 Å². The molecule has 0 aliphatic carbocycles. The fraction of sp³-hybridized carbons (Fsp3) is 0.167. The molecular formula is C12H14O3. The van der Waals surface area contributed by atoms with E-state index in [4.69, 9.17) is 14.2 Å². The van der Waals surface area contributed by atoms with Crippen molar-refractivity contribution < 1.29 is 14.2 Å². The Balaban J connectivity index is 2.50. The van der Waals surface area contributed by atoms with Crippen LogP contribution < -0.4 is 4.74 Å². The molecule has 0 aromatic heterocycles. The highest BCUT2D eigenvalue weighted by Crippen LogP contribution is 2.11. The van der Waals surface area contributed by atoms with E-state index in [0.717, 1.165) is 5.75 Å². The first kappa shape index (κ1) is 11.2. The highest BCUT2D eigenvalue weighted by atomic mass is 16.7. The van der Waals surface area contributed by atoms with E-state index in [1.807, 2.05) is 30.3 Å². The molecule has 0 heterocycles. The van der Waals surface area contributed by atoms with Crippen LogP contribution in [0.2, 0.25) is 0 Å². The largest absolute Gasteiger partial charge is 0.494 e. The minimum absolute atomic E-state index is 0.268. The van der Waals surface area contributed by atoms with Gasteiger partial charge in [0, 0.05) is 0 Å². The summed E-state index contributed by atoms with van der Waals surface area (Å²) in [7, 11) is 0. The van der Waals surface area contributed by atoms with Gasteiger partial charge in [-0.3, -0.25) is 0 Å². The first-order valence-corrected chi connectivity index (χ1v) is 4.57. The van der Waals surface area contributed by atoms with Crippen LogP contribution in [0.1, 0.15) is 0 Å². The molecule has 0 spiro atoms. The monoisotopic (exact) mass is 206 g/mol. The molecule has 0 radical (unpaired) electrons. The zero-order valence-corrected chi connectivity index (χ0v) is 8.46. The summed E-state index contributed by atoms with van der Waals surface area (Å²) in [5, 5.41) is 0. The van der Waals surface area contributed by atoms with Crippen molar-refractivity contribution in [3.8, 4) is 5.75 Å². The van der Waals surface area contributed by atoms with Crippen molar-refractivity contribution in [3.05, 3.63) is 56.0 Å². The van der Waals surface area contributed by atoms with Crippen molar-refractivity contribution >= 4 is 0 Å². The van der Waals surface area contributed by atoms with Gasteiger partial charge in [-0.25, -0.2) is 0 Å². The number of benzene rings is 1. The second-order valence-electron chi connectivity index (χ2n) is 2.66. The van der Waals surface area contributed by atoms with Crippen LogP contribution in [0.5, 0.6) is 5.75 Å². The van der Waals surface area contributed by atoms with Gasteiger partial charge in [-0.05, 0) is 12.1 Å². The summed E-state index contributed by atoms with van der Waals surface area (Å²) < 4.78 is 15.6. The zero-order valence-electron chi connectivity index (χ0n) is 8.46. The van der Waals surface area contributed by atoms with Gasteiger partial charge < -0.3 is 14.2 Å². The average molecular weight is 206 g/mol. The molecule has 0 amide bonds. The Bertz CT molecular complexity index is 295. The zero-order chi connectivity index (χ0) is 10.9. The van der Waals surface area contributed by atoms with Crippen molar-refractivity contribution in [1.29, 1.82) is 0 Å². The molecule has 1 unspecified atom stereocenters. The minimum atomic E-state index is -0.511. The van der Waals surface area contributed by atoms with Crippen LogP contribution in [0, 0.1) is 0 Å². The maximum absolute atomic E-state index is 5.49. The van der Waals surface area contributed by atoms with Gasteiger partial charge in [0.2, 0.25) is 0 Å². The van der Waals surface area contributed by atoms with Gasteiger partial charge in [-0.1, -0.05) is 31.4 Å². The summed E-state index contributed by atoms with van der Waals surface area (Å²) in [6, 6.07) is 9.36. The number of hydrogen-bond donors (Lipinski definition) is 0. The molecule has 0 saturated heterocycles. The Hall–Kier alpha value is -1.90. The molecule has 1 atom stereocenters. The van der Waals surface area contributed by atoms with Crippen LogP contribution in [-0.2, 0) is 9.47 Å². The lowest BCUT2D eigenvalue weighted by Gasteiger charge is -2.17. The molecule has 0 N–H and O–H groups in total. The Kier molecular flexibility index (Phi) is 4.87. The van der Waals surface area contributed by atoms with Crippen molar-refractivity contribution in [2.75, 3.05) is 6.61 Å². The van der Waals surface area contributed by atoms with Crippen LogP contribution >= 0.6 is 0 Å². The van der Waals surface area contributed by atoms with E-state index >= 15 is 0 Å². The third kappa shape index (κ3) is 4.22. The smallest absolute Gasteiger partial charge is 0.274 e. The van der Waals surface area contributed by atoms with E-state index in [-0.39, 0.29) is 6.61 Å². The maximum atomic E-state index is 5.49. The fourth-order valence-electron chi connectivity index (χ4n) is 1.01. The average Bonchev–Trinajstić information content (AvgIpc) is 2.28. The summed E-state index contributed by atoms with van der Waals surface area (Å²) in [5.41, 5.74) is 0. The summed E-state index contributed by atoms with van der Waals surface area (Å²) >= 11 is 0. The van der Waals surface area contributed by atoms with E-state index in [1.165, 1.54) is 12.5 Å². The van der Waals surface area contributed by atoms with Gasteiger partial charge in [-0.15, -0.1) is 0 Å². The topological polar surface area (TPSA) is 27.7 Å². The molecule has 1 aromatic carbocycles. The second-order valence-corrected chi connectivity index (χ2v) is 2.66. The van der Waals surface area contributed by atoms with Crippen LogP contribution in [0.25, 0.3) is 0 Å². The van der Waals surface area contributed by atoms with Gasteiger partial charge in [0.15, 0.2) is 6.61 Å². The molecule has 15 heavy (non-hydrogen) atoms. The molecule has 0 aliphatic rings. The van der Waals surface area contributed by atoms with Gasteiger partial charge in [0.1, 0.15) is 5.75 Å². The van der Waals surface area contributed by atoms with Crippen molar-refractivity contribution in [3.63, 3.8) is 0 Å². The highest BCUT2D eigenvalue weighted by Gasteiger charge is 2.09. The quantitative estimate of drug-likeness (QED) is 0.507. The summed E-state index contributed by atoms with van der Waals surface area (Å²) in [4.78, 5) is 0. The van der Waals surface area contributed by atoms with Gasteiger partial charge >= 0.3 is 0 Å². The molecule has 80 valence electrons. The van der Waals surface area contributed by atoms with Crippen molar-refractivity contribution in [1.82, 2.24) is 0 Å². The minimum Gasteiger partial charge on any atom is -0.494 e. The molecule has 0 saturated carbocycles. The van der Waals surface area contributed by atoms with Gasteiger partial charge in [0.25, 0.3) is 6.29 Å². The molecule has 3 nitrogen and oxygen atoms in total. The Morgan fingerprint density at radius 2 is 1.87 bits per heavy atom. The standard InChI is InChI=1S/C12H14O3/c1-3-13-10-12(14-4-2)15-11-8-6-5-7-9-11/h3-9,12H,1-2,10H2. The Labute approximate surface area is 89.6 Å². The van der Waals surface area contributed by atoms with Gasteiger partial charge in [0.05, 0.1) is 12.5 Å². The predicted octanol–water partition coefficient (Wildman–Crippen LogP) is 2.71. The fourth-order valence-corrected chi connectivity index (χ4v) is 1.01. The Morgan fingerprint density at radius 3 is 2.47 bits per heavy atom. The molecule has 0 aliphatic heterocycles. The van der Waals surface area contributed by atoms with Crippen molar-refractivity contribution in [2.45, 2.75) is 6.29 Å². The normalized spacial score (nSPS) is 11.2. The van der Waals surface area contributed by atoms with Gasteiger partial charge in [-0.2, -0.15) is 0 Å². The summed E-state index contributed by atoms with van der Waals surface area (Å²) in [6.45, 7) is 7.18. The molecule has 1 aromatic rings. The Morgan fingerprint density at radius 1 is 1.13 bits per heavy atom.